The van der Waals surface area contributed by atoms with E-state index in [2.05, 4.69) is 28.2 Å². The maximum absolute atomic E-state index is 13.4. The average molecular weight is 616 g/mol. The standard InChI is InChI=1S/C34H40BrF3NO/c1-2-3-4-5-6-7-8-9-10-13-24-39-33(40)29-23-22-28(32(35)25-29)21-18-26-16-19-27(20-17-26)30-14-11-12-15-31(30)34(36,37)38/h11-12,14-20,22-23,25H,2-10,13,21,24H2,1H3,(H,39,40). The predicted molar refractivity (Wildman–Crippen MR) is 162 cm³/mol. The molecule has 0 spiro atoms. The lowest BCUT2D eigenvalue weighted by atomic mass is 9.97. The van der Waals surface area contributed by atoms with E-state index in [1.54, 1.807) is 18.2 Å². The number of halogens is 4. The third-order valence-electron chi connectivity index (χ3n) is 7.14. The molecule has 40 heavy (non-hydrogen) atoms. The van der Waals surface area contributed by atoms with Crippen molar-refractivity contribution in [1.82, 2.24) is 5.32 Å². The van der Waals surface area contributed by atoms with Crippen LogP contribution in [0.15, 0.2) is 71.2 Å². The van der Waals surface area contributed by atoms with Crippen molar-refractivity contribution in [1.29, 1.82) is 0 Å². The molecule has 0 aromatic heterocycles. The third kappa shape index (κ3) is 10.4. The minimum atomic E-state index is -4.40. The first-order valence-corrected chi connectivity index (χ1v) is 15.3. The SMILES string of the molecule is CCCCCCCCCCCCNC(=O)c1ccc(C[CH]c2ccc(-c3ccccc3C(F)(F)F)cc2)c(Br)c1. The normalized spacial score (nSPS) is 11.5. The summed E-state index contributed by atoms with van der Waals surface area (Å²) in [7, 11) is 0. The second-order valence-electron chi connectivity index (χ2n) is 10.3. The molecule has 0 saturated heterocycles. The molecule has 0 fully saturated rings. The molecule has 0 heterocycles. The summed E-state index contributed by atoms with van der Waals surface area (Å²) < 4.78 is 41.0. The van der Waals surface area contributed by atoms with Gasteiger partial charge in [-0.1, -0.05) is 129 Å². The maximum Gasteiger partial charge on any atom is 0.417 e. The summed E-state index contributed by atoms with van der Waals surface area (Å²) >= 11 is 3.59. The number of nitrogens with one attached hydrogen (secondary N) is 1. The van der Waals surface area contributed by atoms with E-state index in [-0.39, 0.29) is 11.5 Å². The molecule has 3 aromatic carbocycles. The van der Waals surface area contributed by atoms with Gasteiger partial charge in [0.05, 0.1) is 5.56 Å². The number of carbonyl (C=O) groups excluding carboxylic acids is 1. The lowest BCUT2D eigenvalue weighted by Crippen LogP contribution is -2.24. The molecule has 3 aromatic rings. The lowest BCUT2D eigenvalue weighted by Gasteiger charge is -2.13. The quantitative estimate of drug-likeness (QED) is 0.160. The van der Waals surface area contributed by atoms with Gasteiger partial charge in [0, 0.05) is 16.6 Å². The molecule has 2 nitrogen and oxygen atoms in total. The van der Waals surface area contributed by atoms with Crippen LogP contribution >= 0.6 is 15.9 Å². The number of amides is 1. The Balaban J connectivity index is 1.41. The smallest absolute Gasteiger partial charge is 0.352 e. The Bertz CT molecular complexity index is 1190. The summed E-state index contributed by atoms with van der Waals surface area (Å²) in [5.41, 5.74) is 2.63. The fraction of sp³-hybridized carbons (Fsp3) is 0.412. The Hall–Kier alpha value is -2.60. The molecule has 1 N–H and O–H groups in total. The average Bonchev–Trinajstić information content (AvgIpc) is 2.95. The zero-order chi connectivity index (χ0) is 28.8. The molecule has 0 atom stereocenters. The number of unbranched alkanes of at least 4 members (excludes halogenated alkanes) is 9. The van der Waals surface area contributed by atoms with Gasteiger partial charge in [0.2, 0.25) is 0 Å². The van der Waals surface area contributed by atoms with Gasteiger partial charge < -0.3 is 5.32 Å². The molecule has 6 heteroatoms. The van der Waals surface area contributed by atoms with E-state index in [9.17, 15) is 18.0 Å². The zero-order valence-electron chi connectivity index (χ0n) is 23.3. The Kier molecular flexibility index (Phi) is 13.3. The number of hydrogen-bond donors (Lipinski definition) is 1. The fourth-order valence-electron chi connectivity index (χ4n) is 4.78. The molecule has 0 aliphatic carbocycles. The number of benzene rings is 3. The molecule has 215 valence electrons. The summed E-state index contributed by atoms with van der Waals surface area (Å²) in [4.78, 5) is 12.6. The van der Waals surface area contributed by atoms with Crippen molar-refractivity contribution in [2.75, 3.05) is 6.54 Å². The van der Waals surface area contributed by atoms with Crippen LogP contribution in [0.2, 0.25) is 0 Å². The molecule has 3 rings (SSSR count). The minimum absolute atomic E-state index is 0.0677. The number of rotatable bonds is 16. The maximum atomic E-state index is 13.4. The highest BCUT2D eigenvalue weighted by molar-refractivity contribution is 9.10. The van der Waals surface area contributed by atoms with Gasteiger partial charge in [-0.3, -0.25) is 4.79 Å². The minimum Gasteiger partial charge on any atom is -0.352 e. The number of alkyl halides is 3. The molecular weight excluding hydrogens is 575 g/mol. The van der Waals surface area contributed by atoms with Crippen LogP contribution in [0.1, 0.15) is 98.2 Å². The van der Waals surface area contributed by atoms with Gasteiger partial charge >= 0.3 is 6.18 Å². The number of carbonyl (C=O) groups is 1. The van der Waals surface area contributed by atoms with Gasteiger partial charge in [-0.2, -0.15) is 13.2 Å². The van der Waals surface area contributed by atoms with Crippen LogP contribution in [0, 0.1) is 6.42 Å². The van der Waals surface area contributed by atoms with Crippen molar-refractivity contribution in [2.45, 2.75) is 83.7 Å². The van der Waals surface area contributed by atoms with Crippen LogP contribution in [0.4, 0.5) is 13.2 Å². The van der Waals surface area contributed by atoms with Crippen molar-refractivity contribution >= 4 is 21.8 Å². The van der Waals surface area contributed by atoms with E-state index in [1.807, 2.05) is 36.8 Å². The lowest BCUT2D eigenvalue weighted by molar-refractivity contribution is -0.137. The van der Waals surface area contributed by atoms with Crippen LogP contribution in [0.25, 0.3) is 11.1 Å². The number of hydrogen-bond acceptors (Lipinski definition) is 1. The molecule has 0 saturated carbocycles. The van der Waals surface area contributed by atoms with Crippen LogP contribution in [-0.4, -0.2) is 12.5 Å². The van der Waals surface area contributed by atoms with Crippen LogP contribution in [0.5, 0.6) is 0 Å². The molecule has 1 amide bonds. The monoisotopic (exact) mass is 614 g/mol. The highest BCUT2D eigenvalue weighted by atomic mass is 79.9. The second-order valence-corrected chi connectivity index (χ2v) is 11.2. The zero-order valence-corrected chi connectivity index (χ0v) is 24.9. The first kappa shape index (κ1) is 31.9. The molecular formula is C34H40BrF3NO. The van der Waals surface area contributed by atoms with Gasteiger partial charge in [0.25, 0.3) is 5.91 Å². The highest BCUT2D eigenvalue weighted by Gasteiger charge is 2.33. The Morgan fingerprint density at radius 2 is 1.45 bits per heavy atom. The first-order chi connectivity index (χ1) is 19.3. The van der Waals surface area contributed by atoms with Crippen molar-refractivity contribution in [3.8, 4) is 11.1 Å². The Morgan fingerprint density at radius 3 is 2.08 bits per heavy atom. The summed E-state index contributed by atoms with van der Waals surface area (Å²) in [6.07, 6.45) is 10.9. The van der Waals surface area contributed by atoms with E-state index in [4.69, 9.17) is 0 Å². The molecule has 0 bridgehead atoms. The van der Waals surface area contributed by atoms with Gasteiger partial charge in [-0.15, -0.1) is 0 Å². The van der Waals surface area contributed by atoms with Crippen LogP contribution in [-0.2, 0) is 12.6 Å². The van der Waals surface area contributed by atoms with E-state index in [0.717, 1.165) is 34.5 Å². The van der Waals surface area contributed by atoms with Crippen LogP contribution < -0.4 is 5.32 Å². The summed E-state index contributed by atoms with van der Waals surface area (Å²) in [6, 6.07) is 18.3. The summed E-state index contributed by atoms with van der Waals surface area (Å²) in [5, 5.41) is 3.02. The van der Waals surface area contributed by atoms with E-state index in [0.29, 0.717) is 24.1 Å². The topological polar surface area (TPSA) is 29.1 Å². The Morgan fingerprint density at radius 1 is 0.825 bits per heavy atom. The third-order valence-corrected chi connectivity index (χ3v) is 7.88. The second kappa shape index (κ2) is 16.6. The van der Waals surface area contributed by atoms with E-state index >= 15 is 0 Å². The fourth-order valence-corrected chi connectivity index (χ4v) is 5.32. The summed E-state index contributed by atoms with van der Waals surface area (Å²) in [5.74, 6) is -0.0677. The van der Waals surface area contributed by atoms with Crippen molar-refractivity contribution in [3.63, 3.8) is 0 Å². The first-order valence-electron chi connectivity index (χ1n) is 14.5. The van der Waals surface area contributed by atoms with Gasteiger partial charge in [-0.25, -0.2) is 0 Å². The van der Waals surface area contributed by atoms with Crippen LogP contribution in [0.3, 0.4) is 0 Å². The molecule has 0 aliphatic heterocycles. The van der Waals surface area contributed by atoms with Crippen molar-refractivity contribution in [3.05, 3.63) is 99.9 Å². The summed E-state index contributed by atoms with van der Waals surface area (Å²) in [6.45, 7) is 2.93. The van der Waals surface area contributed by atoms with E-state index < -0.39 is 11.7 Å². The molecule has 1 radical (unpaired) electrons. The predicted octanol–water partition coefficient (Wildman–Crippen LogP) is 10.6. The Labute approximate surface area is 245 Å². The molecule has 0 aliphatic rings. The van der Waals surface area contributed by atoms with Gasteiger partial charge in [0.15, 0.2) is 0 Å². The largest absolute Gasteiger partial charge is 0.417 e. The highest BCUT2D eigenvalue weighted by Crippen LogP contribution is 2.37. The molecule has 0 unspecified atom stereocenters. The van der Waals surface area contributed by atoms with Crippen molar-refractivity contribution in [2.24, 2.45) is 0 Å². The van der Waals surface area contributed by atoms with Crippen molar-refractivity contribution < 1.29 is 18.0 Å². The van der Waals surface area contributed by atoms with E-state index in [1.165, 1.54) is 63.5 Å². The van der Waals surface area contributed by atoms with Gasteiger partial charge in [-0.05, 0) is 59.7 Å². The van der Waals surface area contributed by atoms with Gasteiger partial charge in [0.1, 0.15) is 0 Å².